The molecule has 0 aliphatic heterocycles. The SMILES string of the molecule is CC[C@@H](C)NC(=O)[C@@H](Cc1ccccc1)N(Cc1cccc(C)c1)C(=O)CN(c1cccc(C)c1C)S(=O)(=O)c1ccc(C)cc1. The van der Waals surface area contributed by atoms with Crippen molar-refractivity contribution >= 4 is 27.5 Å². The average molecular weight is 640 g/mol. The van der Waals surface area contributed by atoms with Gasteiger partial charge in [0.05, 0.1) is 10.6 Å². The minimum atomic E-state index is -4.16. The van der Waals surface area contributed by atoms with E-state index >= 15 is 0 Å². The number of carbonyl (C=O) groups excluding carboxylic acids is 2. The van der Waals surface area contributed by atoms with E-state index in [9.17, 15) is 18.0 Å². The molecule has 0 saturated carbocycles. The molecule has 0 unspecified atom stereocenters. The third-order valence-electron chi connectivity index (χ3n) is 8.44. The summed E-state index contributed by atoms with van der Waals surface area (Å²) in [5.41, 5.74) is 5.77. The number of hydrogen-bond acceptors (Lipinski definition) is 4. The number of sulfonamides is 1. The Kier molecular flexibility index (Phi) is 11.4. The van der Waals surface area contributed by atoms with Gasteiger partial charge in [0.15, 0.2) is 0 Å². The zero-order chi connectivity index (χ0) is 33.4. The molecule has 4 rings (SSSR count). The molecule has 242 valence electrons. The number of nitrogens with one attached hydrogen (secondary N) is 1. The van der Waals surface area contributed by atoms with E-state index in [0.29, 0.717) is 5.69 Å². The predicted octanol–water partition coefficient (Wildman–Crippen LogP) is 6.67. The molecule has 7 nitrogen and oxygen atoms in total. The Morgan fingerprint density at radius 2 is 1.43 bits per heavy atom. The zero-order valence-corrected chi connectivity index (χ0v) is 28.5. The van der Waals surface area contributed by atoms with E-state index in [0.717, 1.165) is 39.8 Å². The highest BCUT2D eigenvalue weighted by Gasteiger charge is 2.35. The molecule has 0 aliphatic rings. The van der Waals surface area contributed by atoms with Crippen LogP contribution in [-0.4, -0.2) is 43.8 Å². The fourth-order valence-corrected chi connectivity index (χ4v) is 6.83. The standard InChI is InChI=1S/C38H45N3O4S/c1-7-30(5)39-38(43)36(24-32-15-9-8-10-16-32)40(25-33-17-11-13-28(3)23-33)37(42)26-41(35-18-12-14-29(4)31(35)6)46(44,45)34-21-19-27(2)20-22-34/h8-23,30,36H,7,24-26H2,1-6H3,(H,39,43)/t30-,36-/m1/s1. The highest BCUT2D eigenvalue weighted by atomic mass is 32.2. The second kappa shape index (κ2) is 15.2. The Morgan fingerprint density at radius 3 is 2.09 bits per heavy atom. The maximum atomic E-state index is 14.7. The molecule has 0 fully saturated rings. The molecule has 0 saturated heterocycles. The van der Waals surface area contributed by atoms with Gasteiger partial charge in [-0.05, 0) is 81.5 Å². The minimum absolute atomic E-state index is 0.0902. The molecule has 0 spiro atoms. The van der Waals surface area contributed by atoms with Gasteiger partial charge in [0.2, 0.25) is 11.8 Å². The number of nitrogens with zero attached hydrogens (tertiary/aromatic N) is 2. The van der Waals surface area contributed by atoms with Gasteiger partial charge in [-0.1, -0.05) is 96.9 Å². The number of anilines is 1. The smallest absolute Gasteiger partial charge is 0.264 e. The highest BCUT2D eigenvalue weighted by Crippen LogP contribution is 2.29. The van der Waals surface area contributed by atoms with Crippen molar-refractivity contribution in [3.8, 4) is 0 Å². The molecule has 0 bridgehead atoms. The maximum Gasteiger partial charge on any atom is 0.264 e. The van der Waals surface area contributed by atoms with Crippen LogP contribution in [-0.2, 0) is 32.6 Å². The fourth-order valence-electron chi connectivity index (χ4n) is 5.36. The molecule has 0 aliphatic carbocycles. The number of hydrogen-bond donors (Lipinski definition) is 1. The monoisotopic (exact) mass is 639 g/mol. The van der Waals surface area contributed by atoms with E-state index in [2.05, 4.69) is 5.32 Å². The van der Waals surface area contributed by atoms with E-state index in [4.69, 9.17) is 0 Å². The lowest BCUT2D eigenvalue weighted by Gasteiger charge is -2.34. The quantitative estimate of drug-likeness (QED) is 0.177. The summed E-state index contributed by atoms with van der Waals surface area (Å²) < 4.78 is 29.8. The second-order valence-electron chi connectivity index (χ2n) is 12.1. The summed E-state index contributed by atoms with van der Waals surface area (Å²) in [5.74, 6) is -0.753. The van der Waals surface area contributed by atoms with Crippen LogP contribution in [0.2, 0.25) is 0 Å². The number of carbonyl (C=O) groups is 2. The molecule has 4 aromatic carbocycles. The molecule has 8 heteroatoms. The van der Waals surface area contributed by atoms with Crippen LogP contribution in [0.5, 0.6) is 0 Å². The summed E-state index contributed by atoms with van der Waals surface area (Å²) in [6.45, 7) is 11.2. The van der Waals surface area contributed by atoms with Crippen LogP contribution in [0.3, 0.4) is 0 Å². The van der Waals surface area contributed by atoms with Crippen LogP contribution in [0.25, 0.3) is 0 Å². The van der Waals surface area contributed by atoms with Crippen LogP contribution in [0, 0.1) is 27.7 Å². The average Bonchev–Trinajstić information content (AvgIpc) is 3.03. The normalized spacial score (nSPS) is 12.7. The first-order valence-electron chi connectivity index (χ1n) is 15.8. The summed E-state index contributed by atoms with van der Waals surface area (Å²) in [7, 11) is -4.16. The first-order chi connectivity index (χ1) is 21.9. The van der Waals surface area contributed by atoms with E-state index in [1.807, 2.05) is 102 Å². The number of rotatable bonds is 13. The van der Waals surface area contributed by atoms with Crippen molar-refractivity contribution in [2.24, 2.45) is 0 Å². The van der Waals surface area contributed by atoms with Crippen LogP contribution in [0.4, 0.5) is 5.69 Å². The molecular weight excluding hydrogens is 595 g/mol. The Hall–Kier alpha value is -4.43. The van der Waals surface area contributed by atoms with Crippen molar-refractivity contribution in [3.63, 3.8) is 0 Å². The van der Waals surface area contributed by atoms with Gasteiger partial charge < -0.3 is 10.2 Å². The summed E-state index contributed by atoms with van der Waals surface area (Å²) in [6.07, 6.45) is 1.000. The van der Waals surface area contributed by atoms with Crippen LogP contribution < -0.4 is 9.62 Å². The Morgan fingerprint density at radius 1 is 0.783 bits per heavy atom. The van der Waals surface area contributed by atoms with Gasteiger partial charge in [-0.15, -0.1) is 0 Å². The third kappa shape index (κ3) is 8.43. The van der Waals surface area contributed by atoms with Gasteiger partial charge >= 0.3 is 0 Å². The zero-order valence-electron chi connectivity index (χ0n) is 27.7. The summed E-state index contributed by atoms with van der Waals surface area (Å²) >= 11 is 0. The van der Waals surface area contributed by atoms with Gasteiger partial charge in [-0.25, -0.2) is 8.42 Å². The Bertz CT molecular complexity index is 1750. The van der Waals surface area contributed by atoms with E-state index in [1.54, 1.807) is 41.3 Å². The van der Waals surface area contributed by atoms with Crippen molar-refractivity contribution in [2.75, 3.05) is 10.8 Å². The van der Waals surface area contributed by atoms with Crippen molar-refractivity contribution in [1.82, 2.24) is 10.2 Å². The minimum Gasteiger partial charge on any atom is -0.352 e. The van der Waals surface area contributed by atoms with Gasteiger partial charge in [0.1, 0.15) is 12.6 Å². The molecule has 1 N–H and O–H groups in total. The van der Waals surface area contributed by atoms with Crippen molar-refractivity contribution in [1.29, 1.82) is 0 Å². The largest absolute Gasteiger partial charge is 0.352 e. The first-order valence-corrected chi connectivity index (χ1v) is 17.2. The van der Waals surface area contributed by atoms with Gasteiger partial charge in [0.25, 0.3) is 10.0 Å². The predicted molar refractivity (Wildman–Crippen MR) is 185 cm³/mol. The molecule has 0 aromatic heterocycles. The molecule has 46 heavy (non-hydrogen) atoms. The first kappa shape index (κ1) is 34.4. The Balaban J connectivity index is 1.84. The van der Waals surface area contributed by atoms with Crippen LogP contribution in [0.1, 0.15) is 53.6 Å². The molecule has 2 atom stereocenters. The summed E-state index contributed by atoms with van der Waals surface area (Å²) in [6, 6.07) is 28.5. The van der Waals surface area contributed by atoms with Gasteiger partial charge in [-0.3, -0.25) is 13.9 Å². The Labute approximate surface area is 274 Å². The van der Waals surface area contributed by atoms with Crippen LogP contribution in [0.15, 0.2) is 102 Å². The molecule has 0 radical (unpaired) electrons. The lowest BCUT2D eigenvalue weighted by Crippen LogP contribution is -2.54. The van der Waals surface area contributed by atoms with Gasteiger partial charge in [0, 0.05) is 19.0 Å². The van der Waals surface area contributed by atoms with Crippen LogP contribution >= 0.6 is 0 Å². The fraction of sp³-hybridized carbons (Fsp3) is 0.316. The number of aryl methyl sites for hydroxylation is 3. The second-order valence-corrected chi connectivity index (χ2v) is 13.9. The van der Waals surface area contributed by atoms with E-state index in [-0.39, 0.29) is 29.8 Å². The highest BCUT2D eigenvalue weighted by molar-refractivity contribution is 7.92. The molecule has 2 amide bonds. The van der Waals surface area contributed by atoms with Crippen molar-refractivity contribution in [3.05, 3.63) is 130 Å². The van der Waals surface area contributed by atoms with Crippen molar-refractivity contribution < 1.29 is 18.0 Å². The summed E-state index contributed by atoms with van der Waals surface area (Å²) in [5, 5.41) is 3.08. The summed E-state index contributed by atoms with van der Waals surface area (Å²) in [4.78, 5) is 30.3. The third-order valence-corrected chi connectivity index (χ3v) is 10.2. The van der Waals surface area contributed by atoms with Crippen molar-refractivity contribution in [2.45, 2.75) is 77.9 Å². The number of amides is 2. The lowest BCUT2D eigenvalue weighted by molar-refractivity contribution is -0.140. The maximum absolute atomic E-state index is 14.7. The number of benzene rings is 4. The van der Waals surface area contributed by atoms with E-state index < -0.39 is 28.5 Å². The van der Waals surface area contributed by atoms with Gasteiger partial charge in [-0.2, -0.15) is 0 Å². The molecule has 4 aromatic rings. The molecule has 0 heterocycles. The lowest BCUT2D eigenvalue weighted by atomic mass is 10.0. The van der Waals surface area contributed by atoms with E-state index in [1.165, 1.54) is 4.31 Å². The topological polar surface area (TPSA) is 86.8 Å². The molecular formula is C38H45N3O4S.